The van der Waals surface area contributed by atoms with Crippen molar-refractivity contribution in [2.45, 2.75) is 37.5 Å². The van der Waals surface area contributed by atoms with E-state index in [1.807, 2.05) is 6.92 Å². The molecule has 0 radical (unpaired) electrons. The van der Waals surface area contributed by atoms with Crippen molar-refractivity contribution in [3.8, 4) is 0 Å². The van der Waals surface area contributed by atoms with Crippen molar-refractivity contribution in [3.05, 3.63) is 0 Å². The highest BCUT2D eigenvalue weighted by atomic mass is 32.2. The number of carbonyl (C=O) groups excluding carboxylic acids is 2. The molecule has 0 bridgehead atoms. The van der Waals surface area contributed by atoms with E-state index in [2.05, 4.69) is 5.32 Å². The van der Waals surface area contributed by atoms with Crippen molar-refractivity contribution in [1.29, 1.82) is 0 Å². The summed E-state index contributed by atoms with van der Waals surface area (Å²) in [5.74, 6) is 0.296. The SMILES string of the molecule is CC(CCN1CC(=O)NC(C2CC2)C1=O)S(C)=O. The standard InChI is InChI=1S/C12H20N2O3S/c1-8(18(2)17)5-6-14-7-10(15)13-11(12(14)16)9-3-4-9/h8-9,11H,3-7H2,1-2H3,(H,13,15). The maximum atomic E-state index is 12.2. The molecule has 1 saturated heterocycles. The number of amides is 2. The first-order valence-electron chi connectivity index (χ1n) is 6.39. The quantitative estimate of drug-likeness (QED) is 0.759. The van der Waals surface area contributed by atoms with Crippen LogP contribution in [0.25, 0.3) is 0 Å². The predicted octanol–water partition coefficient (Wildman–Crippen LogP) is -0.119. The van der Waals surface area contributed by atoms with Crippen LogP contribution in [-0.4, -0.2) is 51.6 Å². The maximum Gasteiger partial charge on any atom is 0.245 e. The number of carbonyl (C=O) groups is 2. The normalized spacial score (nSPS) is 27.9. The van der Waals surface area contributed by atoms with Gasteiger partial charge in [0.15, 0.2) is 0 Å². The average Bonchev–Trinajstić information content (AvgIpc) is 3.13. The lowest BCUT2D eigenvalue weighted by molar-refractivity contribution is -0.144. The van der Waals surface area contributed by atoms with Gasteiger partial charge in [0.2, 0.25) is 11.8 Å². The first kappa shape index (κ1) is 13.5. The van der Waals surface area contributed by atoms with Gasteiger partial charge in [-0.25, -0.2) is 0 Å². The molecule has 0 aromatic heterocycles. The highest BCUT2D eigenvalue weighted by Gasteiger charge is 2.42. The van der Waals surface area contributed by atoms with Crippen LogP contribution in [0.1, 0.15) is 26.2 Å². The summed E-state index contributed by atoms with van der Waals surface area (Å²) in [6.45, 7) is 2.57. The molecule has 102 valence electrons. The van der Waals surface area contributed by atoms with Gasteiger partial charge in [-0.15, -0.1) is 0 Å². The van der Waals surface area contributed by atoms with E-state index in [4.69, 9.17) is 0 Å². The van der Waals surface area contributed by atoms with Gasteiger partial charge in [-0.05, 0) is 25.2 Å². The lowest BCUT2D eigenvalue weighted by Gasteiger charge is -2.33. The summed E-state index contributed by atoms with van der Waals surface area (Å²) in [5, 5.41) is 2.84. The zero-order valence-corrected chi connectivity index (χ0v) is 11.7. The molecule has 5 nitrogen and oxygen atoms in total. The minimum absolute atomic E-state index is 0.0335. The first-order valence-corrected chi connectivity index (χ1v) is 8.01. The number of piperazine rings is 1. The van der Waals surface area contributed by atoms with Gasteiger partial charge in [-0.1, -0.05) is 6.92 Å². The van der Waals surface area contributed by atoms with Crippen LogP contribution in [0, 0.1) is 5.92 Å². The summed E-state index contributed by atoms with van der Waals surface area (Å²) in [6, 6.07) is -0.311. The van der Waals surface area contributed by atoms with Gasteiger partial charge in [0.05, 0.1) is 6.54 Å². The summed E-state index contributed by atoms with van der Waals surface area (Å²) in [7, 11) is -0.878. The van der Waals surface area contributed by atoms with E-state index in [0.29, 0.717) is 18.9 Å². The maximum absolute atomic E-state index is 12.2. The molecule has 3 unspecified atom stereocenters. The summed E-state index contributed by atoms with van der Waals surface area (Å²) in [4.78, 5) is 25.4. The van der Waals surface area contributed by atoms with Gasteiger partial charge in [0, 0.05) is 28.9 Å². The topological polar surface area (TPSA) is 66.5 Å². The molecule has 2 rings (SSSR count). The average molecular weight is 272 g/mol. The van der Waals surface area contributed by atoms with Crippen LogP contribution in [0.2, 0.25) is 0 Å². The Morgan fingerprint density at radius 2 is 2.11 bits per heavy atom. The second kappa shape index (κ2) is 5.38. The zero-order valence-electron chi connectivity index (χ0n) is 10.8. The number of hydrogen-bond donors (Lipinski definition) is 1. The van der Waals surface area contributed by atoms with Crippen molar-refractivity contribution >= 4 is 22.6 Å². The molecular formula is C12H20N2O3S. The highest BCUT2D eigenvalue weighted by molar-refractivity contribution is 7.84. The second-order valence-electron chi connectivity index (χ2n) is 5.24. The molecule has 6 heteroatoms. The Morgan fingerprint density at radius 1 is 1.44 bits per heavy atom. The van der Waals surface area contributed by atoms with Crippen molar-refractivity contribution in [2.75, 3.05) is 19.3 Å². The van der Waals surface area contributed by atoms with Crippen molar-refractivity contribution < 1.29 is 13.8 Å². The molecule has 2 aliphatic rings. The molecule has 0 aromatic rings. The minimum atomic E-state index is -0.878. The van der Waals surface area contributed by atoms with E-state index in [-0.39, 0.29) is 29.7 Å². The monoisotopic (exact) mass is 272 g/mol. The van der Waals surface area contributed by atoms with Crippen LogP contribution < -0.4 is 5.32 Å². The summed E-state index contributed by atoms with van der Waals surface area (Å²) in [5.41, 5.74) is 0. The van der Waals surface area contributed by atoms with Crippen LogP contribution >= 0.6 is 0 Å². The third-order valence-electron chi connectivity index (χ3n) is 3.69. The molecular weight excluding hydrogens is 252 g/mol. The number of hydrogen-bond acceptors (Lipinski definition) is 3. The Kier molecular flexibility index (Phi) is 4.04. The van der Waals surface area contributed by atoms with Crippen LogP contribution in [0.5, 0.6) is 0 Å². The Morgan fingerprint density at radius 3 is 2.67 bits per heavy atom. The number of rotatable bonds is 5. The van der Waals surface area contributed by atoms with Crippen molar-refractivity contribution in [1.82, 2.24) is 10.2 Å². The molecule has 0 spiro atoms. The van der Waals surface area contributed by atoms with E-state index in [0.717, 1.165) is 12.8 Å². The molecule has 2 fully saturated rings. The molecule has 2 amide bonds. The fourth-order valence-corrected chi connectivity index (χ4v) is 2.61. The molecule has 3 atom stereocenters. The summed E-state index contributed by atoms with van der Waals surface area (Å²) in [6.07, 6.45) is 4.40. The number of nitrogens with zero attached hydrogens (tertiary/aromatic N) is 1. The van der Waals surface area contributed by atoms with Gasteiger partial charge in [-0.3, -0.25) is 13.8 Å². The molecule has 1 saturated carbocycles. The molecule has 0 aromatic carbocycles. The molecule has 1 N–H and O–H groups in total. The Bertz CT molecular complexity index is 382. The third-order valence-corrected chi connectivity index (χ3v) is 5.06. The van der Waals surface area contributed by atoms with Gasteiger partial charge >= 0.3 is 0 Å². The smallest absolute Gasteiger partial charge is 0.245 e. The van der Waals surface area contributed by atoms with E-state index >= 15 is 0 Å². The van der Waals surface area contributed by atoms with Crippen LogP contribution in [0.4, 0.5) is 0 Å². The zero-order chi connectivity index (χ0) is 13.3. The van der Waals surface area contributed by atoms with Gasteiger partial charge in [-0.2, -0.15) is 0 Å². The lowest BCUT2D eigenvalue weighted by Crippen LogP contribution is -2.59. The van der Waals surface area contributed by atoms with Crippen molar-refractivity contribution in [3.63, 3.8) is 0 Å². The minimum Gasteiger partial charge on any atom is -0.342 e. The fourth-order valence-electron chi connectivity index (χ4n) is 2.17. The van der Waals surface area contributed by atoms with E-state index in [9.17, 15) is 13.8 Å². The van der Waals surface area contributed by atoms with E-state index in [1.165, 1.54) is 0 Å². The lowest BCUT2D eigenvalue weighted by atomic mass is 10.1. The molecule has 18 heavy (non-hydrogen) atoms. The first-order chi connectivity index (χ1) is 8.49. The summed E-state index contributed by atoms with van der Waals surface area (Å²) < 4.78 is 11.3. The Labute approximate surface area is 110 Å². The van der Waals surface area contributed by atoms with Gasteiger partial charge in [0.25, 0.3) is 0 Å². The van der Waals surface area contributed by atoms with Crippen LogP contribution in [0.15, 0.2) is 0 Å². The van der Waals surface area contributed by atoms with E-state index in [1.54, 1.807) is 11.2 Å². The second-order valence-corrected chi connectivity index (χ2v) is 7.04. The Balaban J connectivity index is 1.92. The van der Waals surface area contributed by atoms with E-state index < -0.39 is 10.8 Å². The molecule has 1 aliphatic heterocycles. The van der Waals surface area contributed by atoms with Crippen LogP contribution in [-0.2, 0) is 20.4 Å². The number of nitrogens with one attached hydrogen (secondary N) is 1. The largest absolute Gasteiger partial charge is 0.342 e. The van der Waals surface area contributed by atoms with Gasteiger partial charge < -0.3 is 10.2 Å². The summed E-state index contributed by atoms with van der Waals surface area (Å²) >= 11 is 0. The third kappa shape index (κ3) is 3.10. The molecule has 1 heterocycles. The molecule has 1 aliphatic carbocycles. The van der Waals surface area contributed by atoms with Crippen molar-refractivity contribution in [2.24, 2.45) is 5.92 Å². The fraction of sp³-hybridized carbons (Fsp3) is 0.833. The Hall–Kier alpha value is -0.910. The van der Waals surface area contributed by atoms with Crippen LogP contribution in [0.3, 0.4) is 0 Å². The highest BCUT2D eigenvalue weighted by Crippen LogP contribution is 2.34. The van der Waals surface area contributed by atoms with Gasteiger partial charge in [0.1, 0.15) is 6.04 Å². The predicted molar refractivity (Wildman–Crippen MR) is 69.4 cm³/mol.